The van der Waals surface area contributed by atoms with Crippen LogP contribution in [0.3, 0.4) is 0 Å². The van der Waals surface area contributed by atoms with Gasteiger partial charge in [0.2, 0.25) is 0 Å². The predicted molar refractivity (Wildman–Crippen MR) is 152 cm³/mol. The van der Waals surface area contributed by atoms with E-state index >= 15 is 0 Å². The van der Waals surface area contributed by atoms with E-state index in [9.17, 15) is 9.90 Å². The Balaban J connectivity index is 0.000000212. The number of hydrogen-bond acceptors (Lipinski definition) is 3. The van der Waals surface area contributed by atoms with Gasteiger partial charge in [0.25, 0.3) is 0 Å². The van der Waals surface area contributed by atoms with Crippen LogP contribution in [-0.4, -0.2) is 16.7 Å². The van der Waals surface area contributed by atoms with E-state index in [0.29, 0.717) is 23.1 Å². The molecule has 0 aliphatic carbocycles. The molecule has 0 bridgehead atoms. The second-order valence-corrected chi connectivity index (χ2v) is 10.7. The third-order valence-corrected chi connectivity index (χ3v) is 6.71. The molecule has 36 heavy (non-hydrogen) atoms. The van der Waals surface area contributed by atoms with E-state index in [1.165, 1.54) is 21.9 Å². The fourth-order valence-corrected chi connectivity index (χ4v) is 4.06. The summed E-state index contributed by atoms with van der Waals surface area (Å²) in [6, 6.07) is 24.1. The number of phenols is 1. The van der Waals surface area contributed by atoms with Crippen LogP contribution in [0, 0.1) is 0 Å². The lowest BCUT2D eigenvalue weighted by atomic mass is 9.95. The molecule has 4 aromatic rings. The quantitative estimate of drug-likeness (QED) is 0.287. The third-order valence-electron chi connectivity index (χ3n) is 6.71. The highest BCUT2D eigenvalue weighted by atomic mass is 16.6. The monoisotopic (exact) mass is 484 g/mol. The molecule has 4 aromatic carbocycles. The Morgan fingerprint density at radius 1 is 0.722 bits per heavy atom. The van der Waals surface area contributed by atoms with Gasteiger partial charge in [-0.1, -0.05) is 76.2 Å². The average molecular weight is 485 g/mol. The molecule has 2 unspecified atom stereocenters. The van der Waals surface area contributed by atoms with Crippen LogP contribution in [0.25, 0.3) is 21.5 Å². The maximum atomic E-state index is 12.1. The Morgan fingerprint density at radius 3 is 1.67 bits per heavy atom. The zero-order valence-corrected chi connectivity index (χ0v) is 22.8. The number of fused-ring (bicyclic) bond motifs is 2. The van der Waals surface area contributed by atoms with Gasteiger partial charge in [-0.05, 0) is 102 Å². The molecule has 2 atom stereocenters. The Morgan fingerprint density at radius 2 is 1.17 bits per heavy atom. The van der Waals surface area contributed by atoms with Crippen molar-refractivity contribution in [2.24, 2.45) is 0 Å². The fraction of sp³-hybridized carbons (Fsp3) is 0.364. The summed E-state index contributed by atoms with van der Waals surface area (Å²) < 4.78 is 5.41. The van der Waals surface area contributed by atoms with Crippen molar-refractivity contribution in [1.82, 2.24) is 0 Å². The van der Waals surface area contributed by atoms with Crippen molar-refractivity contribution in [2.75, 3.05) is 0 Å². The van der Waals surface area contributed by atoms with Crippen LogP contribution < -0.4 is 0 Å². The summed E-state index contributed by atoms with van der Waals surface area (Å²) >= 11 is 0. The van der Waals surface area contributed by atoms with E-state index in [4.69, 9.17) is 4.74 Å². The second-order valence-electron chi connectivity index (χ2n) is 10.7. The zero-order valence-electron chi connectivity index (χ0n) is 22.8. The van der Waals surface area contributed by atoms with Crippen molar-refractivity contribution in [3.63, 3.8) is 0 Å². The molecule has 0 aliphatic rings. The number of hydrogen-bond donors (Lipinski definition) is 1. The normalized spacial score (nSPS) is 13.1. The first kappa shape index (κ1) is 27.3. The first-order valence-corrected chi connectivity index (χ1v) is 13.0. The topological polar surface area (TPSA) is 46.5 Å². The van der Waals surface area contributed by atoms with Gasteiger partial charge in [-0.15, -0.1) is 0 Å². The van der Waals surface area contributed by atoms with E-state index in [0.717, 1.165) is 23.6 Å². The third kappa shape index (κ3) is 7.10. The minimum absolute atomic E-state index is 0.268. The molecule has 0 aliphatic heterocycles. The van der Waals surface area contributed by atoms with Gasteiger partial charge in [-0.25, -0.2) is 4.79 Å². The molecule has 0 saturated heterocycles. The number of rotatable bonds is 5. The molecular formula is C33H40O3. The van der Waals surface area contributed by atoms with Gasteiger partial charge in [0.1, 0.15) is 11.4 Å². The van der Waals surface area contributed by atoms with Crippen molar-refractivity contribution in [3.8, 4) is 5.75 Å². The van der Waals surface area contributed by atoms with Crippen LogP contribution in [0.15, 0.2) is 72.8 Å². The number of aromatic hydroxyl groups is 1. The van der Waals surface area contributed by atoms with Gasteiger partial charge in [-0.3, -0.25) is 0 Å². The van der Waals surface area contributed by atoms with E-state index in [2.05, 4.69) is 64.1 Å². The van der Waals surface area contributed by atoms with E-state index in [1.54, 1.807) is 12.1 Å². The molecule has 0 saturated carbocycles. The summed E-state index contributed by atoms with van der Waals surface area (Å²) in [6.45, 7) is 14.5. The van der Waals surface area contributed by atoms with E-state index in [-0.39, 0.29) is 5.97 Å². The molecule has 1 N–H and O–H groups in total. The minimum atomic E-state index is -0.466. The number of benzene rings is 4. The SMILES string of the molecule is CCC(C)c1ccc2cc(C(=O)OC(C)(C)C)ccc2c1.CCC(C)c1ccc2cc(O)ccc2c1. The smallest absolute Gasteiger partial charge is 0.338 e. The maximum absolute atomic E-state index is 12.1. The summed E-state index contributed by atoms with van der Waals surface area (Å²) in [7, 11) is 0. The Bertz CT molecular complexity index is 1330. The largest absolute Gasteiger partial charge is 0.508 e. The first-order valence-electron chi connectivity index (χ1n) is 13.0. The Hall–Kier alpha value is -3.33. The van der Waals surface area contributed by atoms with Crippen LogP contribution >= 0.6 is 0 Å². The van der Waals surface area contributed by atoms with Crippen molar-refractivity contribution in [3.05, 3.63) is 89.5 Å². The minimum Gasteiger partial charge on any atom is -0.508 e. The summed E-state index contributed by atoms with van der Waals surface area (Å²) in [4.78, 5) is 12.1. The number of phenolic OH excluding ortho intramolecular Hbond substituents is 1. The molecule has 0 aromatic heterocycles. The molecule has 3 nitrogen and oxygen atoms in total. The van der Waals surface area contributed by atoms with Crippen LogP contribution in [0.5, 0.6) is 5.75 Å². The molecule has 4 rings (SSSR count). The van der Waals surface area contributed by atoms with Crippen molar-refractivity contribution in [2.45, 2.75) is 78.7 Å². The molecule has 190 valence electrons. The second kappa shape index (κ2) is 11.6. The van der Waals surface area contributed by atoms with Gasteiger partial charge in [-0.2, -0.15) is 0 Å². The number of carbonyl (C=O) groups excluding carboxylic acids is 1. The molecule has 0 spiro atoms. The number of carbonyl (C=O) groups is 1. The number of ether oxygens (including phenoxy) is 1. The van der Waals surface area contributed by atoms with Gasteiger partial charge in [0, 0.05) is 0 Å². The van der Waals surface area contributed by atoms with Crippen molar-refractivity contribution >= 4 is 27.5 Å². The molecule has 3 heteroatoms. The maximum Gasteiger partial charge on any atom is 0.338 e. The first-order chi connectivity index (χ1) is 17.0. The molecular weight excluding hydrogens is 444 g/mol. The molecule has 0 amide bonds. The highest BCUT2D eigenvalue weighted by molar-refractivity contribution is 5.95. The summed E-state index contributed by atoms with van der Waals surface area (Å²) in [5.74, 6) is 1.22. The lowest BCUT2D eigenvalue weighted by Gasteiger charge is -2.19. The van der Waals surface area contributed by atoms with Crippen molar-refractivity contribution < 1.29 is 14.6 Å². The van der Waals surface area contributed by atoms with Crippen LogP contribution in [-0.2, 0) is 4.74 Å². The number of esters is 1. The van der Waals surface area contributed by atoms with Gasteiger partial charge in [0.15, 0.2) is 0 Å². The Kier molecular flexibility index (Phi) is 8.79. The van der Waals surface area contributed by atoms with Crippen LogP contribution in [0.2, 0.25) is 0 Å². The van der Waals surface area contributed by atoms with Gasteiger partial charge < -0.3 is 9.84 Å². The molecule has 0 fully saturated rings. The van der Waals surface area contributed by atoms with E-state index < -0.39 is 5.60 Å². The fourth-order valence-electron chi connectivity index (χ4n) is 4.06. The molecule has 0 radical (unpaired) electrons. The highest BCUT2D eigenvalue weighted by Gasteiger charge is 2.18. The van der Waals surface area contributed by atoms with E-state index in [1.807, 2.05) is 45.0 Å². The van der Waals surface area contributed by atoms with Crippen LogP contribution in [0.4, 0.5) is 0 Å². The van der Waals surface area contributed by atoms with Gasteiger partial charge >= 0.3 is 5.97 Å². The van der Waals surface area contributed by atoms with Crippen LogP contribution in [0.1, 0.15) is 94.6 Å². The summed E-state index contributed by atoms with van der Waals surface area (Å²) in [5, 5.41) is 13.9. The lowest BCUT2D eigenvalue weighted by molar-refractivity contribution is 0.00697. The highest BCUT2D eigenvalue weighted by Crippen LogP contribution is 2.26. The zero-order chi connectivity index (χ0) is 26.5. The van der Waals surface area contributed by atoms with Gasteiger partial charge in [0.05, 0.1) is 5.56 Å². The standard InChI is InChI=1S/C19H24O2.C14H16O/c1-6-13(2)14-7-8-16-12-17(10-9-15(16)11-14)18(20)21-19(3,4)5;1-3-10(2)11-4-5-13-9-14(15)7-6-12(13)8-11/h7-13H,6H2,1-5H3;4-10,15H,3H2,1-2H3. The Labute approximate surface area is 216 Å². The lowest BCUT2D eigenvalue weighted by Crippen LogP contribution is -2.23. The average Bonchev–Trinajstić information content (AvgIpc) is 2.86. The predicted octanol–water partition coefficient (Wildman–Crippen LogP) is 9.37. The molecule has 0 heterocycles. The van der Waals surface area contributed by atoms with Crippen molar-refractivity contribution in [1.29, 1.82) is 0 Å². The summed E-state index contributed by atoms with van der Waals surface area (Å²) in [5.41, 5.74) is 2.85. The summed E-state index contributed by atoms with van der Waals surface area (Å²) in [6.07, 6.45) is 2.28.